The number of amides is 4. The monoisotopic (exact) mass is 1190 g/mol. The van der Waals surface area contributed by atoms with Crippen molar-refractivity contribution in [2.24, 2.45) is 37.8 Å². The zero-order chi connectivity index (χ0) is 57.7. The molecule has 0 unspecified atom stereocenters. The summed E-state index contributed by atoms with van der Waals surface area (Å²) < 4.78 is 112. The third kappa shape index (κ3) is 12.1. The number of aryl methyl sites for hydroxylation is 4. The van der Waals surface area contributed by atoms with Crippen molar-refractivity contribution in [3.05, 3.63) is 68.2 Å². The normalized spacial score (nSPS) is 25.3. The highest BCUT2D eigenvalue weighted by Gasteiger charge is 2.40. The molecule has 0 spiro atoms. The first kappa shape index (κ1) is 56.9. The number of nitrogens with zero attached hydrogens (tertiary/aromatic N) is 10. The molecule has 440 valence electrons. The molecule has 6 aromatic rings. The number of alkyl halides is 8. The Bertz CT molecular complexity index is 3100. The van der Waals surface area contributed by atoms with Crippen LogP contribution in [0.1, 0.15) is 142 Å². The fourth-order valence-corrected chi connectivity index (χ4v) is 13.9. The average molecular weight is 1190 g/mol. The lowest BCUT2D eigenvalue weighted by molar-refractivity contribution is -0.124. The zero-order valence-electron chi connectivity index (χ0n) is 44.5. The number of fused-ring (bicyclic) bond motifs is 2. The minimum Gasteiger partial charge on any atom is -0.352 e. The Kier molecular flexibility index (Phi) is 16.4. The van der Waals surface area contributed by atoms with Gasteiger partial charge in [-0.3, -0.25) is 37.7 Å². The number of hydrogen-bond donors (Lipinski definition) is 6. The topological polar surface area (TPSA) is 238 Å². The van der Waals surface area contributed by atoms with Crippen molar-refractivity contribution in [3.8, 4) is 0 Å². The second-order valence-electron chi connectivity index (χ2n) is 22.1. The second-order valence-corrected chi connectivity index (χ2v) is 24.3. The lowest BCUT2D eigenvalue weighted by Gasteiger charge is -2.30. The Labute approximate surface area is 472 Å². The Hall–Kier alpha value is -6.98. The predicted molar refractivity (Wildman–Crippen MR) is 286 cm³/mol. The van der Waals surface area contributed by atoms with Crippen LogP contribution in [0.5, 0.6) is 0 Å². The van der Waals surface area contributed by atoms with Gasteiger partial charge in [-0.05, 0) is 113 Å². The van der Waals surface area contributed by atoms with E-state index in [0.717, 1.165) is 20.9 Å². The predicted octanol–water partition coefficient (Wildman–Crippen LogP) is 9.30. The molecule has 4 fully saturated rings. The van der Waals surface area contributed by atoms with Crippen molar-refractivity contribution in [1.82, 2.24) is 59.7 Å². The van der Waals surface area contributed by atoms with Gasteiger partial charge in [-0.25, -0.2) is 35.1 Å². The number of anilines is 6. The van der Waals surface area contributed by atoms with Crippen molar-refractivity contribution in [2.45, 2.75) is 140 Å². The van der Waals surface area contributed by atoms with Gasteiger partial charge in [-0.15, -0.1) is 43.1 Å². The van der Waals surface area contributed by atoms with Crippen LogP contribution in [0, 0.1) is 23.7 Å². The molecular formula is C52H60F8N16O4S2. The molecule has 6 aliphatic rings. The van der Waals surface area contributed by atoms with Crippen LogP contribution in [0.2, 0.25) is 0 Å². The van der Waals surface area contributed by atoms with E-state index in [0.29, 0.717) is 122 Å². The van der Waals surface area contributed by atoms with E-state index in [1.807, 2.05) is 0 Å². The average Bonchev–Trinajstić information content (AvgIpc) is 4.35. The molecule has 0 radical (unpaired) electrons. The molecule has 4 amide bonds. The van der Waals surface area contributed by atoms with Crippen molar-refractivity contribution < 1.29 is 54.3 Å². The van der Waals surface area contributed by atoms with Crippen LogP contribution in [0.15, 0.2) is 24.8 Å². The molecule has 0 bridgehead atoms. The first-order valence-corrected chi connectivity index (χ1v) is 29.0. The first-order valence-electron chi connectivity index (χ1n) is 27.3. The summed E-state index contributed by atoms with van der Waals surface area (Å²) in [6.45, 7) is 0.690. The highest BCUT2D eigenvalue weighted by atomic mass is 32.1. The lowest BCUT2D eigenvalue weighted by Crippen LogP contribution is -2.38. The van der Waals surface area contributed by atoms with Gasteiger partial charge in [0.1, 0.15) is 70.4 Å². The van der Waals surface area contributed by atoms with Crippen LogP contribution in [0.3, 0.4) is 0 Å². The van der Waals surface area contributed by atoms with Gasteiger partial charge in [0.05, 0.1) is 11.1 Å². The molecule has 6 aromatic heterocycles. The maximum absolute atomic E-state index is 13.5. The Balaban J connectivity index is 0.000000172. The molecule has 0 aromatic carbocycles. The van der Waals surface area contributed by atoms with Crippen molar-refractivity contribution in [3.63, 3.8) is 0 Å². The maximum Gasteiger partial charge on any atom is 0.282 e. The van der Waals surface area contributed by atoms with Crippen LogP contribution in [0.25, 0.3) is 0 Å². The van der Waals surface area contributed by atoms with Gasteiger partial charge in [-0.2, -0.15) is 10.2 Å². The summed E-state index contributed by atoms with van der Waals surface area (Å²) in [5.74, 6) is -0.637. The summed E-state index contributed by atoms with van der Waals surface area (Å²) >= 11 is 2.71. The number of nitrogens with one attached hydrogen (secondary N) is 6. The van der Waals surface area contributed by atoms with Gasteiger partial charge in [0.15, 0.2) is 0 Å². The van der Waals surface area contributed by atoms with E-state index in [-0.39, 0.29) is 84.6 Å². The number of halogens is 8. The molecule has 0 aliphatic heterocycles. The number of thiophene rings is 2. The lowest BCUT2D eigenvalue weighted by atomic mass is 9.83. The summed E-state index contributed by atoms with van der Waals surface area (Å²) in [4.78, 5) is 54.5. The molecule has 6 aliphatic carbocycles. The van der Waals surface area contributed by atoms with Gasteiger partial charge in [-0.1, -0.05) is 0 Å². The molecule has 2 atom stereocenters. The van der Waals surface area contributed by atoms with Crippen LogP contribution in [-0.4, -0.2) is 110 Å². The first-order chi connectivity index (χ1) is 39.3. The Morgan fingerprint density at radius 3 is 1.30 bits per heavy atom. The second kappa shape index (κ2) is 23.7. The molecule has 0 saturated heterocycles. The highest BCUT2D eigenvalue weighted by molar-refractivity contribution is 7.17. The number of hydrogen-bond acceptors (Lipinski definition) is 14. The van der Waals surface area contributed by atoms with Gasteiger partial charge in [0.2, 0.25) is 23.7 Å². The van der Waals surface area contributed by atoms with Gasteiger partial charge >= 0.3 is 0 Å². The van der Waals surface area contributed by atoms with Gasteiger partial charge < -0.3 is 31.9 Å². The standard InChI is InChI=1S/2C26H30F4N8O2S/c2*1-37-20(9-18(36-37)22(29)30)33-26-35-32-11-38(26)16-2-3-19-17(8-16)21(24(40)31-10-12-4-14(27)5-12)25(41-19)34-23(39)13-6-15(28)7-13/h2*9,11-16,22H,2-8,10H2,1H3,(H,31,40)(H,33,35)(H,34,39)/t2*12?,13?,14?,15?,16-/m00/s1. The van der Waals surface area contributed by atoms with Gasteiger partial charge in [0, 0.05) is 73.0 Å². The van der Waals surface area contributed by atoms with Crippen LogP contribution >= 0.6 is 22.7 Å². The zero-order valence-corrected chi connectivity index (χ0v) is 46.1. The fraction of sp³-hybridized carbons (Fsp3) is 0.577. The molecule has 6 heterocycles. The number of aromatic nitrogens is 10. The molecular weight excluding hydrogens is 1130 g/mol. The van der Waals surface area contributed by atoms with E-state index in [1.165, 1.54) is 44.2 Å². The van der Waals surface area contributed by atoms with E-state index in [9.17, 15) is 54.3 Å². The fourth-order valence-electron chi connectivity index (χ4n) is 11.4. The van der Waals surface area contributed by atoms with E-state index >= 15 is 0 Å². The third-order valence-electron chi connectivity index (χ3n) is 16.4. The molecule has 6 N–H and O–H groups in total. The van der Waals surface area contributed by atoms with Gasteiger partial charge in [0.25, 0.3) is 24.7 Å². The summed E-state index contributed by atoms with van der Waals surface area (Å²) in [7, 11) is 3.09. The van der Waals surface area contributed by atoms with Crippen LogP contribution in [-0.2, 0) is 49.4 Å². The number of carbonyl (C=O) groups is 4. The minimum absolute atomic E-state index is 0.0777. The van der Waals surface area contributed by atoms with Crippen LogP contribution in [0.4, 0.5) is 68.7 Å². The quantitative estimate of drug-likeness (QED) is 0.0442. The molecule has 82 heavy (non-hydrogen) atoms. The molecule has 12 rings (SSSR count). The number of carbonyl (C=O) groups excluding carboxylic acids is 4. The van der Waals surface area contributed by atoms with E-state index in [2.05, 4.69) is 62.5 Å². The smallest absolute Gasteiger partial charge is 0.282 e. The molecule has 4 saturated carbocycles. The summed E-state index contributed by atoms with van der Waals surface area (Å²) in [6.07, 6.45) is -0.0885. The summed E-state index contributed by atoms with van der Waals surface area (Å²) in [5.41, 5.74) is 1.64. The van der Waals surface area contributed by atoms with Crippen molar-refractivity contribution in [1.29, 1.82) is 0 Å². The van der Waals surface area contributed by atoms with E-state index in [4.69, 9.17) is 0 Å². The summed E-state index contributed by atoms with van der Waals surface area (Å²) in [6, 6.07) is 2.18. The molecule has 20 nitrogen and oxygen atoms in total. The summed E-state index contributed by atoms with van der Waals surface area (Å²) in [5, 5.41) is 42.5. The highest BCUT2D eigenvalue weighted by Crippen LogP contribution is 2.45. The van der Waals surface area contributed by atoms with Crippen molar-refractivity contribution >= 4 is 79.8 Å². The third-order valence-corrected chi connectivity index (χ3v) is 18.8. The minimum atomic E-state index is -2.71. The largest absolute Gasteiger partial charge is 0.352 e. The van der Waals surface area contributed by atoms with Crippen molar-refractivity contribution in [2.75, 3.05) is 34.4 Å². The number of rotatable bonds is 18. The SMILES string of the molecule is Cn1nc(C(F)F)cc1Nc1nncn1[C@H]1CCc2sc(NC(=O)C3CC(F)C3)c(C(=O)NCC3CC(F)C3)c2C1.Cn1nc(C(F)F)cc1Nc1nncn1[C@H]1CCc2sc(NC(=O)C3CC(F)C3)c(C(=O)NCC3CC(F)C3)c2C1. The Morgan fingerprint density at radius 1 is 0.585 bits per heavy atom. The van der Waals surface area contributed by atoms with E-state index < -0.39 is 49.4 Å². The molecule has 30 heteroatoms. The van der Waals surface area contributed by atoms with E-state index in [1.54, 1.807) is 35.9 Å². The van der Waals surface area contributed by atoms with Crippen LogP contribution < -0.4 is 31.9 Å². The maximum atomic E-state index is 13.5. The Morgan fingerprint density at radius 2 is 0.963 bits per heavy atom.